The van der Waals surface area contributed by atoms with E-state index in [1.807, 2.05) is 0 Å². The minimum Gasteiger partial charge on any atom is -0.479 e. The summed E-state index contributed by atoms with van der Waals surface area (Å²) in [5.41, 5.74) is 5.72. The van der Waals surface area contributed by atoms with Crippen LogP contribution in [0, 0.1) is 5.82 Å². The quantitative estimate of drug-likeness (QED) is 0.796. The monoisotopic (exact) mass is 386 g/mol. The Morgan fingerprint density at radius 3 is 2.83 bits per heavy atom. The van der Waals surface area contributed by atoms with E-state index in [0.717, 1.165) is 12.1 Å². The highest BCUT2D eigenvalue weighted by Crippen LogP contribution is 2.30. The number of pyridine rings is 1. The second kappa shape index (κ2) is 7.36. The van der Waals surface area contributed by atoms with Gasteiger partial charge in [0.25, 0.3) is 0 Å². The third-order valence-electron chi connectivity index (χ3n) is 3.02. The van der Waals surface area contributed by atoms with Crippen molar-refractivity contribution in [2.75, 3.05) is 19.5 Å². The van der Waals surface area contributed by atoms with Crippen molar-refractivity contribution in [1.82, 2.24) is 4.98 Å². The van der Waals surface area contributed by atoms with Gasteiger partial charge in [-0.05, 0) is 40.2 Å². The zero-order chi connectivity index (χ0) is 17.0. The summed E-state index contributed by atoms with van der Waals surface area (Å²) in [6.07, 6.45) is 0.215. The number of esters is 1. The Kier molecular flexibility index (Phi) is 5.49. The largest absolute Gasteiger partial charge is 0.479 e. The van der Waals surface area contributed by atoms with Crippen LogP contribution < -0.4 is 10.5 Å². The van der Waals surface area contributed by atoms with Crippen LogP contribution in [0.1, 0.15) is 22.0 Å². The molecule has 0 amide bonds. The van der Waals surface area contributed by atoms with Gasteiger partial charge < -0.3 is 15.2 Å². The molecule has 5 nitrogen and oxygen atoms in total. The van der Waals surface area contributed by atoms with Gasteiger partial charge in [-0.1, -0.05) is 0 Å². The zero-order valence-corrected chi connectivity index (χ0v) is 13.6. The van der Waals surface area contributed by atoms with Gasteiger partial charge in [0.15, 0.2) is 17.7 Å². The summed E-state index contributed by atoms with van der Waals surface area (Å²) in [7, 11) is 1.18. The fraction of sp³-hybridized carbons (Fsp3) is 0.200. The molecule has 0 bridgehead atoms. The molecule has 1 atom stereocenters. The summed E-state index contributed by atoms with van der Waals surface area (Å²) in [6.45, 7) is -1.00. The number of carbonyl (C=O) groups excluding carboxylic acids is 1. The predicted octanol–water partition coefficient (Wildman–Crippen LogP) is 3.44. The molecule has 0 saturated heterocycles. The number of hydrogen-bond donors (Lipinski definition) is 1. The normalized spacial score (nSPS) is 11.8. The van der Waals surface area contributed by atoms with Crippen LogP contribution in [0.3, 0.4) is 0 Å². The highest BCUT2D eigenvalue weighted by atomic mass is 79.9. The second-order valence-corrected chi connectivity index (χ2v) is 5.44. The summed E-state index contributed by atoms with van der Waals surface area (Å²) < 4.78 is 37.7. The van der Waals surface area contributed by atoms with Crippen molar-refractivity contribution in [3.63, 3.8) is 0 Å². The first-order valence-electron chi connectivity index (χ1n) is 6.47. The average molecular weight is 387 g/mol. The Morgan fingerprint density at radius 2 is 2.17 bits per heavy atom. The van der Waals surface area contributed by atoms with Crippen molar-refractivity contribution >= 4 is 27.7 Å². The van der Waals surface area contributed by atoms with Gasteiger partial charge in [-0.15, -0.1) is 0 Å². The maximum Gasteiger partial charge on any atom is 0.338 e. The molecule has 122 valence electrons. The Morgan fingerprint density at radius 1 is 1.43 bits per heavy atom. The molecule has 0 saturated carbocycles. The maximum atomic E-state index is 13.5. The molecule has 2 rings (SSSR count). The average Bonchev–Trinajstić information content (AvgIpc) is 2.54. The van der Waals surface area contributed by atoms with Gasteiger partial charge in [-0.2, -0.15) is 0 Å². The lowest BCUT2D eigenvalue weighted by atomic mass is 10.0. The molecule has 1 aromatic carbocycles. The van der Waals surface area contributed by atoms with Crippen LogP contribution in [-0.4, -0.2) is 24.7 Å². The molecule has 1 unspecified atom stereocenters. The van der Waals surface area contributed by atoms with E-state index in [9.17, 15) is 13.6 Å². The number of halogens is 3. The Balaban J connectivity index is 2.43. The number of ether oxygens (including phenoxy) is 2. The van der Waals surface area contributed by atoms with Crippen molar-refractivity contribution in [3.8, 4) is 5.75 Å². The maximum absolute atomic E-state index is 13.5. The number of anilines is 1. The van der Waals surface area contributed by atoms with E-state index in [0.29, 0.717) is 4.47 Å². The number of carbonyl (C=O) groups is 1. The Hall–Kier alpha value is -2.22. The molecule has 2 aromatic rings. The van der Waals surface area contributed by atoms with Crippen molar-refractivity contribution < 1.29 is 23.0 Å². The fourth-order valence-corrected chi connectivity index (χ4v) is 2.26. The lowest BCUT2D eigenvalue weighted by molar-refractivity contribution is 0.0593. The minimum absolute atomic E-state index is 0.0121. The summed E-state index contributed by atoms with van der Waals surface area (Å²) in [4.78, 5) is 15.6. The molecular weight excluding hydrogens is 374 g/mol. The topological polar surface area (TPSA) is 74.4 Å². The molecule has 0 aliphatic carbocycles. The van der Waals surface area contributed by atoms with Gasteiger partial charge in [0.1, 0.15) is 12.5 Å². The van der Waals surface area contributed by atoms with Gasteiger partial charge in [0, 0.05) is 16.2 Å². The smallest absolute Gasteiger partial charge is 0.338 e. The second-order valence-electron chi connectivity index (χ2n) is 4.52. The van der Waals surface area contributed by atoms with Gasteiger partial charge in [-0.25, -0.2) is 18.6 Å². The van der Waals surface area contributed by atoms with Crippen molar-refractivity contribution in [3.05, 3.63) is 51.9 Å². The van der Waals surface area contributed by atoms with E-state index in [1.54, 1.807) is 0 Å². The van der Waals surface area contributed by atoms with E-state index in [1.165, 1.54) is 25.4 Å². The number of rotatable bonds is 5. The first kappa shape index (κ1) is 17.1. The molecule has 1 aromatic heterocycles. The minimum atomic E-state index is -1.24. The molecule has 2 N–H and O–H groups in total. The lowest BCUT2D eigenvalue weighted by Crippen LogP contribution is -2.16. The van der Waals surface area contributed by atoms with Crippen LogP contribution in [0.5, 0.6) is 5.75 Å². The third kappa shape index (κ3) is 3.95. The third-order valence-corrected chi connectivity index (χ3v) is 3.46. The lowest BCUT2D eigenvalue weighted by Gasteiger charge is -2.19. The van der Waals surface area contributed by atoms with Gasteiger partial charge in [0.2, 0.25) is 0 Å². The van der Waals surface area contributed by atoms with E-state index in [-0.39, 0.29) is 22.7 Å². The van der Waals surface area contributed by atoms with Crippen LogP contribution in [-0.2, 0) is 4.74 Å². The van der Waals surface area contributed by atoms with Crippen LogP contribution >= 0.6 is 15.9 Å². The Bertz CT molecular complexity index is 728. The number of nitrogens with zero attached hydrogens (tertiary/aromatic N) is 1. The van der Waals surface area contributed by atoms with Crippen LogP contribution in [0.25, 0.3) is 0 Å². The molecule has 0 spiro atoms. The van der Waals surface area contributed by atoms with Crippen LogP contribution in [0.4, 0.5) is 14.6 Å². The van der Waals surface area contributed by atoms with Gasteiger partial charge in [0.05, 0.1) is 12.7 Å². The molecule has 0 fully saturated rings. The number of nitrogen functional groups attached to an aromatic ring is 1. The van der Waals surface area contributed by atoms with E-state index in [2.05, 4.69) is 25.7 Å². The molecule has 23 heavy (non-hydrogen) atoms. The van der Waals surface area contributed by atoms with Crippen LogP contribution in [0.2, 0.25) is 0 Å². The number of benzene rings is 1. The van der Waals surface area contributed by atoms with Gasteiger partial charge in [-0.3, -0.25) is 0 Å². The van der Waals surface area contributed by atoms with Crippen LogP contribution in [0.15, 0.2) is 34.9 Å². The Labute approximate surface area is 139 Å². The molecule has 8 heteroatoms. The molecule has 1 heterocycles. The highest BCUT2D eigenvalue weighted by molar-refractivity contribution is 9.10. The standard InChI is InChI=1S/C15H13BrF2N2O3/c1-22-15(21)10-3-2-9(18)5-11(10)13(6-17)23-12-4-8(16)7-20-14(12)19/h2-5,7,13H,6H2,1H3,(H2,19,20). The van der Waals surface area contributed by atoms with E-state index >= 15 is 0 Å². The number of alkyl halides is 1. The molecule has 0 aliphatic heterocycles. The van der Waals surface area contributed by atoms with Crippen molar-refractivity contribution in [2.45, 2.75) is 6.10 Å². The molecular formula is C15H13BrF2N2O3. The van der Waals surface area contributed by atoms with E-state index < -0.39 is 24.6 Å². The first-order chi connectivity index (χ1) is 11.0. The summed E-state index contributed by atoms with van der Waals surface area (Å²) in [5.74, 6) is -1.19. The summed E-state index contributed by atoms with van der Waals surface area (Å²) in [6, 6.07) is 4.82. The predicted molar refractivity (Wildman–Crippen MR) is 83.4 cm³/mol. The van der Waals surface area contributed by atoms with Gasteiger partial charge >= 0.3 is 5.97 Å². The summed E-state index contributed by atoms with van der Waals surface area (Å²) in [5, 5.41) is 0. The number of aromatic nitrogens is 1. The van der Waals surface area contributed by atoms with Crippen molar-refractivity contribution in [2.24, 2.45) is 0 Å². The number of methoxy groups -OCH3 is 1. The zero-order valence-electron chi connectivity index (χ0n) is 12.1. The summed E-state index contributed by atoms with van der Waals surface area (Å²) >= 11 is 3.20. The first-order valence-corrected chi connectivity index (χ1v) is 7.27. The fourth-order valence-electron chi connectivity index (χ4n) is 1.95. The molecule has 0 radical (unpaired) electrons. The molecule has 0 aliphatic rings. The number of nitrogens with two attached hydrogens (primary N) is 1. The van der Waals surface area contributed by atoms with Crippen molar-refractivity contribution in [1.29, 1.82) is 0 Å². The SMILES string of the molecule is COC(=O)c1ccc(F)cc1C(CF)Oc1cc(Br)cnc1N. The number of hydrogen-bond acceptors (Lipinski definition) is 5. The highest BCUT2D eigenvalue weighted by Gasteiger charge is 2.23. The van der Waals surface area contributed by atoms with E-state index in [4.69, 9.17) is 10.5 Å².